The largest absolute Gasteiger partial charge is 0.224 e. The van der Waals surface area contributed by atoms with Gasteiger partial charge < -0.3 is 0 Å². The Bertz CT molecular complexity index is 442. The minimum Gasteiger partial charge on any atom is -0.224 e. The summed E-state index contributed by atoms with van der Waals surface area (Å²) >= 11 is 5.29. The van der Waals surface area contributed by atoms with E-state index < -0.39 is 31.4 Å². The van der Waals surface area contributed by atoms with Crippen molar-refractivity contribution in [3.63, 3.8) is 0 Å². The van der Waals surface area contributed by atoms with Gasteiger partial charge in [0.05, 0.1) is 9.92 Å². The van der Waals surface area contributed by atoms with Gasteiger partial charge in [-0.1, -0.05) is 11.6 Å². The number of benzene rings is 1. The van der Waals surface area contributed by atoms with Crippen molar-refractivity contribution in [2.75, 3.05) is 6.26 Å². The van der Waals surface area contributed by atoms with E-state index in [0.29, 0.717) is 0 Å². The summed E-state index contributed by atoms with van der Waals surface area (Å²) in [5.41, 5.74) is 0. The highest BCUT2D eigenvalue weighted by Gasteiger charge is 2.18. The van der Waals surface area contributed by atoms with Gasteiger partial charge in [0.25, 0.3) is 0 Å². The Kier molecular flexibility index (Phi) is 2.58. The third-order valence-corrected chi connectivity index (χ3v) is 3.02. The second kappa shape index (κ2) is 3.23. The molecular formula is C7H5ClF2O2S. The van der Waals surface area contributed by atoms with E-state index in [0.717, 1.165) is 18.4 Å². The van der Waals surface area contributed by atoms with E-state index >= 15 is 0 Å². The summed E-state index contributed by atoms with van der Waals surface area (Å²) in [5, 5.41) is -0.706. The second-order valence-corrected chi connectivity index (χ2v) is 4.81. The normalized spacial score (nSPS) is 11.7. The molecule has 1 rings (SSSR count). The van der Waals surface area contributed by atoms with Crippen LogP contribution in [0.15, 0.2) is 17.0 Å². The van der Waals surface area contributed by atoms with Gasteiger partial charge in [-0.2, -0.15) is 0 Å². The summed E-state index contributed by atoms with van der Waals surface area (Å²) in [6.07, 6.45) is 0.867. The number of hydrogen-bond donors (Lipinski definition) is 0. The van der Waals surface area contributed by atoms with Crippen molar-refractivity contribution in [1.29, 1.82) is 0 Å². The highest BCUT2D eigenvalue weighted by Crippen LogP contribution is 2.25. The van der Waals surface area contributed by atoms with E-state index in [1.54, 1.807) is 0 Å². The first-order valence-electron chi connectivity index (χ1n) is 3.17. The molecule has 0 fully saturated rings. The Labute approximate surface area is 79.1 Å². The molecule has 0 aliphatic rings. The van der Waals surface area contributed by atoms with Gasteiger partial charge in [-0.15, -0.1) is 0 Å². The summed E-state index contributed by atoms with van der Waals surface area (Å²) in [6.45, 7) is 0. The van der Waals surface area contributed by atoms with Crippen LogP contribution in [0.4, 0.5) is 8.78 Å². The van der Waals surface area contributed by atoms with Crippen molar-refractivity contribution < 1.29 is 17.2 Å². The Morgan fingerprint density at radius 1 is 1.31 bits per heavy atom. The zero-order chi connectivity index (χ0) is 10.2. The molecule has 0 heterocycles. The van der Waals surface area contributed by atoms with E-state index in [1.807, 2.05) is 0 Å². The van der Waals surface area contributed by atoms with Crippen LogP contribution in [0.2, 0.25) is 5.02 Å². The van der Waals surface area contributed by atoms with Crippen LogP contribution in [0.25, 0.3) is 0 Å². The van der Waals surface area contributed by atoms with Crippen molar-refractivity contribution in [1.82, 2.24) is 0 Å². The standard InChI is InChI=1S/C7H5ClF2O2S/c1-13(11,12)5-3-2-4(9)7(10)6(5)8/h2-3H,1H3. The molecule has 0 aliphatic heterocycles. The monoisotopic (exact) mass is 226 g/mol. The van der Waals surface area contributed by atoms with Gasteiger partial charge in [-0.25, -0.2) is 17.2 Å². The number of sulfone groups is 1. The fourth-order valence-corrected chi connectivity index (χ4v) is 2.10. The van der Waals surface area contributed by atoms with Crippen molar-refractivity contribution in [3.05, 3.63) is 28.8 Å². The van der Waals surface area contributed by atoms with Crippen molar-refractivity contribution in [2.45, 2.75) is 4.90 Å². The SMILES string of the molecule is CS(=O)(=O)c1ccc(F)c(F)c1Cl. The van der Waals surface area contributed by atoms with Crippen LogP contribution < -0.4 is 0 Å². The maximum Gasteiger partial charge on any atom is 0.178 e. The van der Waals surface area contributed by atoms with Crippen LogP contribution in [-0.4, -0.2) is 14.7 Å². The first kappa shape index (κ1) is 10.4. The Morgan fingerprint density at radius 2 is 1.85 bits per heavy atom. The lowest BCUT2D eigenvalue weighted by Gasteiger charge is -2.02. The fourth-order valence-electron chi connectivity index (χ4n) is 0.795. The number of hydrogen-bond acceptors (Lipinski definition) is 2. The number of rotatable bonds is 1. The van der Waals surface area contributed by atoms with Crippen molar-refractivity contribution in [2.24, 2.45) is 0 Å². The molecule has 0 aromatic heterocycles. The summed E-state index contributed by atoms with van der Waals surface area (Å²) in [5.74, 6) is -2.51. The third kappa shape index (κ3) is 1.97. The lowest BCUT2D eigenvalue weighted by molar-refractivity contribution is 0.505. The molecule has 6 heteroatoms. The van der Waals surface area contributed by atoms with Crippen LogP contribution in [0, 0.1) is 11.6 Å². The van der Waals surface area contributed by atoms with E-state index in [2.05, 4.69) is 0 Å². The molecule has 0 radical (unpaired) electrons. The summed E-state index contributed by atoms with van der Waals surface area (Å²) in [4.78, 5) is -0.409. The number of halogens is 3. The molecule has 13 heavy (non-hydrogen) atoms. The van der Waals surface area contributed by atoms with E-state index in [1.165, 1.54) is 0 Å². The molecule has 0 aliphatic carbocycles. The molecule has 72 valence electrons. The molecule has 0 N–H and O–H groups in total. The molecule has 0 saturated carbocycles. The summed E-state index contributed by atoms with van der Waals surface area (Å²) in [7, 11) is -3.61. The molecular weight excluding hydrogens is 222 g/mol. The minimum absolute atomic E-state index is 0.409. The smallest absolute Gasteiger partial charge is 0.178 e. The Balaban J connectivity index is 3.53. The average Bonchev–Trinajstić information content (AvgIpc) is 1.98. The fraction of sp³-hybridized carbons (Fsp3) is 0.143. The quantitative estimate of drug-likeness (QED) is 0.542. The summed E-state index contributed by atoms with van der Waals surface area (Å²) < 4.78 is 47.1. The van der Waals surface area contributed by atoms with Crippen LogP contribution in [-0.2, 0) is 9.84 Å². The molecule has 0 unspecified atom stereocenters. The van der Waals surface area contributed by atoms with Gasteiger partial charge in [0.15, 0.2) is 21.5 Å². The molecule has 2 nitrogen and oxygen atoms in total. The first-order valence-corrected chi connectivity index (χ1v) is 5.44. The van der Waals surface area contributed by atoms with E-state index in [4.69, 9.17) is 11.6 Å². The lowest BCUT2D eigenvalue weighted by atomic mass is 10.3. The predicted molar refractivity (Wildman–Crippen MR) is 44.5 cm³/mol. The van der Waals surface area contributed by atoms with Crippen molar-refractivity contribution in [3.8, 4) is 0 Å². The van der Waals surface area contributed by atoms with Crippen LogP contribution >= 0.6 is 11.6 Å². The highest BCUT2D eigenvalue weighted by molar-refractivity contribution is 7.90. The van der Waals surface area contributed by atoms with Crippen LogP contribution in [0.1, 0.15) is 0 Å². The maximum absolute atomic E-state index is 12.8. The predicted octanol–water partition coefficient (Wildman–Crippen LogP) is 2.02. The molecule has 0 amide bonds. The van der Waals surface area contributed by atoms with Gasteiger partial charge >= 0.3 is 0 Å². The van der Waals surface area contributed by atoms with Crippen LogP contribution in [0.5, 0.6) is 0 Å². The second-order valence-electron chi connectivity index (χ2n) is 2.45. The molecule has 1 aromatic carbocycles. The zero-order valence-corrected chi connectivity index (χ0v) is 8.09. The molecule has 0 spiro atoms. The van der Waals surface area contributed by atoms with Crippen LogP contribution in [0.3, 0.4) is 0 Å². The molecule has 1 aromatic rings. The van der Waals surface area contributed by atoms with Gasteiger partial charge in [-0.05, 0) is 12.1 Å². The highest BCUT2D eigenvalue weighted by atomic mass is 35.5. The van der Waals surface area contributed by atoms with Gasteiger partial charge in [0, 0.05) is 6.26 Å². The Hall–Kier alpha value is -0.680. The van der Waals surface area contributed by atoms with Gasteiger partial charge in [0.2, 0.25) is 0 Å². The van der Waals surface area contributed by atoms with E-state index in [9.17, 15) is 17.2 Å². The molecule has 0 atom stereocenters. The zero-order valence-electron chi connectivity index (χ0n) is 6.51. The average molecular weight is 227 g/mol. The van der Waals surface area contributed by atoms with Crippen molar-refractivity contribution >= 4 is 21.4 Å². The first-order chi connectivity index (χ1) is 5.84. The maximum atomic E-state index is 12.8. The Morgan fingerprint density at radius 3 is 2.31 bits per heavy atom. The van der Waals surface area contributed by atoms with Gasteiger partial charge in [-0.3, -0.25) is 0 Å². The summed E-state index contributed by atoms with van der Waals surface area (Å²) in [6, 6.07) is 1.65. The topological polar surface area (TPSA) is 34.1 Å². The molecule has 0 saturated heterocycles. The lowest BCUT2D eigenvalue weighted by Crippen LogP contribution is -2.00. The molecule has 0 bridgehead atoms. The third-order valence-electron chi connectivity index (χ3n) is 1.40. The van der Waals surface area contributed by atoms with Gasteiger partial charge in [0.1, 0.15) is 0 Å². The minimum atomic E-state index is -3.61. The van der Waals surface area contributed by atoms with E-state index in [-0.39, 0.29) is 0 Å².